The molecule has 1 amide bonds. The fraction of sp³-hybridized carbons (Fsp3) is 0.441. The monoisotopic (exact) mass is 668 g/mol. The van der Waals surface area contributed by atoms with Gasteiger partial charge in [-0.25, -0.2) is 12.8 Å². The number of halogens is 2. The molecule has 2 aromatic carbocycles. The van der Waals surface area contributed by atoms with Crippen LogP contribution in [-0.4, -0.2) is 68.0 Å². The Bertz CT molecular complexity index is 1630. The van der Waals surface area contributed by atoms with Gasteiger partial charge in [0.05, 0.1) is 28.9 Å². The normalized spacial score (nSPS) is 20.8. The zero-order valence-electron chi connectivity index (χ0n) is 25.8. The van der Waals surface area contributed by atoms with Crippen molar-refractivity contribution in [2.24, 2.45) is 5.92 Å². The summed E-state index contributed by atoms with van der Waals surface area (Å²) in [4.78, 5) is 22.1. The fourth-order valence-corrected chi connectivity index (χ4v) is 8.71. The molecule has 0 aliphatic carbocycles. The summed E-state index contributed by atoms with van der Waals surface area (Å²) in [6, 6.07) is 14.2. The van der Waals surface area contributed by atoms with Gasteiger partial charge >= 0.3 is 11.9 Å². The minimum Gasteiger partial charge on any atom is -0.381 e. The second-order valence-corrected chi connectivity index (χ2v) is 14.2. The second kappa shape index (κ2) is 15.5. The van der Waals surface area contributed by atoms with Gasteiger partial charge < -0.3 is 15.4 Å². The Kier molecular flexibility index (Phi) is 11.4. The van der Waals surface area contributed by atoms with Gasteiger partial charge in [0.2, 0.25) is 10.0 Å². The first-order valence-corrected chi connectivity index (χ1v) is 17.5. The van der Waals surface area contributed by atoms with Gasteiger partial charge in [-0.1, -0.05) is 46.8 Å². The van der Waals surface area contributed by atoms with Crippen LogP contribution >= 0.6 is 11.6 Å². The zero-order chi connectivity index (χ0) is 32.7. The van der Waals surface area contributed by atoms with Gasteiger partial charge in [0.1, 0.15) is 5.82 Å². The minimum absolute atomic E-state index is 0.0877. The van der Waals surface area contributed by atoms with Gasteiger partial charge in [-0.05, 0) is 74.8 Å². The van der Waals surface area contributed by atoms with Crippen molar-refractivity contribution in [3.63, 3.8) is 0 Å². The van der Waals surface area contributed by atoms with E-state index >= 15 is 4.39 Å². The van der Waals surface area contributed by atoms with Crippen molar-refractivity contribution < 1.29 is 22.3 Å². The van der Waals surface area contributed by atoms with Crippen molar-refractivity contribution in [1.82, 2.24) is 14.6 Å². The van der Waals surface area contributed by atoms with Crippen molar-refractivity contribution in [2.75, 3.05) is 31.6 Å². The number of carbonyl (C=O) groups excluding carboxylic acids is 1. The number of piperazine rings is 1. The molecule has 4 unspecified atom stereocenters. The van der Waals surface area contributed by atoms with Crippen molar-refractivity contribution in [2.45, 2.75) is 68.0 Å². The molecule has 3 aromatic rings. The zero-order valence-corrected chi connectivity index (χ0v) is 27.4. The number of aromatic nitrogens is 1. The largest absolute Gasteiger partial charge is 0.381 e. The lowest BCUT2D eigenvalue weighted by Gasteiger charge is -2.40. The summed E-state index contributed by atoms with van der Waals surface area (Å²) in [5.74, 6) is -1.27. The lowest BCUT2D eigenvalue weighted by molar-refractivity contribution is -0.117. The van der Waals surface area contributed by atoms with Crippen LogP contribution in [0.5, 0.6) is 0 Å². The minimum atomic E-state index is -3.73. The molecule has 2 fully saturated rings. The molecule has 0 saturated carbocycles. The van der Waals surface area contributed by atoms with Crippen molar-refractivity contribution in [3.05, 3.63) is 93.8 Å². The maximum Gasteiger partial charge on any atom is 0.355 e. The van der Waals surface area contributed by atoms with Crippen LogP contribution < -0.4 is 10.6 Å². The Hall–Kier alpha value is -3.40. The quantitative estimate of drug-likeness (QED) is 0.271. The van der Waals surface area contributed by atoms with Crippen LogP contribution in [-0.2, 0) is 26.0 Å². The van der Waals surface area contributed by atoms with E-state index in [0.29, 0.717) is 49.7 Å². The molecule has 0 spiro atoms. The fourth-order valence-electron chi connectivity index (χ4n) is 6.72. The van der Waals surface area contributed by atoms with E-state index in [2.05, 4.69) is 20.5 Å². The van der Waals surface area contributed by atoms with Crippen LogP contribution in [0.3, 0.4) is 0 Å². The van der Waals surface area contributed by atoms with Gasteiger partial charge in [0, 0.05) is 49.0 Å². The highest BCUT2D eigenvalue weighted by molar-refractivity contribution is 7.89. The number of amides is 1. The lowest BCUT2D eigenvalue weighted by Crippen LogP contribution is -2.58. The van der Waals surface area contributed by atoms with Gasteiger partial charge in [0.15, 0.2) is 0 Å². The lowest BCUT2D eigenvalue weighted by atomic mass is 9.76. The summed E-state index contributed by atoms with van der Waals surface area (Å²) >= 11 is 6.15. The van der Waals surface area contributed by atoms with E-state index in [-0.39, 0.29) is 40.9 Å². The molecule has 5 rings (SSSR count). The molecule has 3 heterocycles. The van der Waals surface area contributed by atoms with Crippen molar-refractivity contribution in [1.29, 1.82) is 0 Å². The van der Waals surface area contributed by atoms with Crippen LogP contribution in [0.25, 0.3) is 4.85 Å². The summed E-state index contributed by atoms with van der Waals surface area (Å²) in [7, 11) is -3.73. The summed E-state index contributed by atoms with van der Waals surface area (Å²) in [5.41, 5.74) is 1.42. The van der Waals surface area contributed by atoms with Gasteiger partial charge in [-0.2, -0.15) is 4.31 Å². The van der Waals surface area contributed by atoms with Crippen molar-refractivity contribution >= 4 is 33.2 Å². The second-order valence-electron chi connectivity index (χ2n) is 12.0. The number of hydrogen-bond acceptors (Lipinski definition) is 6. The number of ether oxygens (including phenoxy) is 1. The average Bonchev–Trinajstić information content (AvgIpc) is 3.06. The first kappa shape index (κ1) is 33.9. The number of benzene rings is 2. The number of carbonyl (C=O) groups is 1. The van der Waals surface area contributed by atoms with E-state index in [1.807, 2.05) is 19.1 Å². The number of anilines is 1. The van der Waals surface area contributed by atoms with Crippen LogP contribution in [0.2, 0.25) is 5.02 Å². The standard InChI is InChI=1S/C34H39ClFN5O4S/c1-23-19-38-20-27(41(23)46(43,44)28-8-4-3-5-9-28)7-6-10-29-30(36)21-39-22-31(29)40-34(42)33(37-2)32(25-15-17-45-18-16-25)24-11-13-26(35)14-12-24/h2-5,8-9,11-14,21-23,25,27,32-33,38H,6-7,10,15-20H2,1H3/p+1. The van der Waals surface area contributed by atoms with Crippen LogP contribution in [0.4, 0.5) is 10.1 Å². The third-order valence-corrected chi connectivity index (χ3v) is 11.3. The van der Waals surface area contributed by atoms with Crippen molar-refractivity contribution in [3.8, 4) is 6.57 Å². The number of pyridine rings is 1. The smallest absolute Gasteiger partial charge is 0.355 e. The first-order valence-electron chi connectivity index (χ1n) is 15.7. The SMILES string of the molecule is C#[N+]C(C(=O)Nc1cncc(F)c1CCCC1CNCC(C)N1S(=O)(=O)c1ccccc1)C(c1ccc(Cl)cc1)C1CCOCC1. The van der Waals surface area contributed by atoms with Gasteiger partial charge in [0.25, 0.3) is 6.57 Å². The number of rotatable bonds is 11. The third-order valence-electron chi connectivity index (χ3n) is 8.96. The third kappa shape index (κ3) is 7.76. The average molecular weight is 669 g/mol. The number of hydrogen-bond donors (Lipinski definition) is 2. The summed E-state index contributed by atoms with van der Waals surface area (Å²) < 4.78 is 49.6. The molecule has 9 nitrogen and oxygen atoms in total. The number of nitrogens with zero attached hydrogens (tertiary/aromatic N) is 3. The molecule has 46 heavy (non-hydrogen) atoms. The molecule has 244 valence electrons. The highest BCUT2D eigenvalue weighted by Gasteiger charge is 2.44. The van der Waals surface area contributed by atoms with Crippen LogP contribution in [0, 0.1) is 18.3 Å². The topological polar surface area (TPSA) is 105 Å². The first-order chi connectivity index (χ1) is 22.2. The summed E-state index contributed by atoms with van der Waals surface area (Å²) in [6.45, 7) is 9.94. The maximum atomic E-state index is 15.2. The highest BCUT2D eigenvalue weighted by Crippen LogP contribution is 2.37. The van der Waals surface area contributed by atoms with E-state index in [1.54, 1.807) is 46.8 Å². The molecule has 0 radical (unpaired) electrons. The Morgan fingerprint density at radius 1 is 1.15 bits per heavy atom. The molecule has 2 saturated heterocycles. The Balaban J connectivity index is 1.32. The predicted molar refractivity (Wildman–Crippen MR) is 177 cm³/mol. The maximum absolute atomic E-state index is 15.2. The molecule has 1 aromatic heterocycles. The van der Waals surface area contributed by atoms with Gasteiger partial charge in [-0.15, -0.1) is 0 Å². The molecular weight excluding hydrogens is 629 g/mol. The van der Waals surface area contributed by atoms with E-state index in [9.17, 15) is 13.2 Å². The molecular formula is C34H40ClFN5O4S+. The Morgan fingerprint density at radius 2 is 1.87 bits per heavy atom. The van der Waals surface area contributed by atoms with E-state index in [0.717, 1.165) is 24.6 Å². The molecule has 2 N–H and O–H groups in total. The molecule has 2 aliphatic rings. The number of nitrogens with one attached hydrogen (secondary N) is 2. The molecule has 0 bridgehead atoms. The van der Waals surface area contributed by atoms with E-state index < -0.39 is 27.8 Å². The van der Waals surface area contributed by atoms with E-state index in [4.69, 9.17) is 22.9 Å². The Labute approximate surface area is 275 Å². The molecule has 2 aliphatic heterocycles. The predicted octanol–water partition coefficient (Wildman–Crippen LogP) is 5.73. The number of sulfonamides is 1. The van der Waals surface area contributed by atoms with Crippen LogP contribution in [0.1, 0.15) is 49.7 Å². The molecule has 12 heteroatoms. The van der Waals surface area contributed by atoms with Crippen LogP contribution in [0.15, 0.2) is 71.9 Å². The summed E-state index contributed by atoms with van der Waals surface area (Å²) in [5, 5.41) is 6.76. The van der Waals surface area contributed by atoms with Gasteiger partial charge in [-0.3, -0.25) is 9.78 Å². The molecule has 4 atom stereocenters. The summed E-state index contributed by atoms with van der Waals surface area (Å²) in [6.07, 6.45) is 5.25. The Morgan fingerprint density at radius 3 is 2.57 bits per heavy atom. The van der Waals surface area contributed by atoms with E-state index in [1.165, 1.54) is 6.20 Å². The highest BCUT2D eigenvalue weighted by atomic mass is 35.5.